The Kier molecular flexibility index (Phi) is 4.95. The van der Waals surface area contributed by atoms with Crippen molar-refractivity contribution in [2.24, 2.45) is 0 Å². The largest absolute Gasteiger partial charge is 0.396 e. The minimum atomic E-state index is -3.72. The second kappa shape index (κ2) is 6.51. The summed E-state index contributed by atoms with van der Waals surface area (Å²) >= 11 is 0. The summed E-state index contributed by atoms with van der Waals surface area (Å²) in [6, 6.07) is 3.42. The third-order valence-electron chi connectivity index (χ3n) is 3.33. The summed E-state index contributed by atoms with van der Waals surface area (Å²) < 4.78 is 45.0. The van der Waals surface area contributed by atoms with Gasteiger partial charge in [-0.05, 0) is 31.0 Å². The van der Waals surface area contributed by atoms with E-state index in [9.17, 15) is 12.8 Å². The summed E-state index contributed by atoms with van der Waals surface area (Å²) in [6.07, 6.45) is 4.65. The maximum atomic E-state index is 13.3. The lowest BCUT2D eigenvalue weighted by Gasteiger charge is -2.12. The van der Waals surface area contributed by atoms with Gasteiger partial charge in [0.2, 0.25) is 10.0 Å². The first-order valence-corrected chi connectivity index (χ1v) is 8.13. The standard InChI is InChI=1S/C13H19FN2O3S/c14-12-9-11(5-6-13(12)15)20(17,18)16-7-8-19-10-3-1-2-4-10/h5-6,9-10,16H,1-4,7-8,15H2. The SMILES string of the molecule is Nc1ccc(S(=O)(=O)NCCOC2CCCC2)cc1F. The monoisotopic (exact) mass is 302 g/mol. The number of nitrogens with one attached hydrogen (secondary N) is 1. The molecule has 0 aliphatic heterocycles. The molecule has 112 valence electrons. The van der Waals surface area contributed by atoms with Gasteiger partial charge in [-0.1, -0.05) is 12.8 Å². The van der Waals surface area contributed by atoms with Gasteiger partial charge in [-0.15, -0.1) is 0 Å². The predicted octanol–water partition coefficient (Wildman–Crippen LogP) is 1.65. The summed E-state index contributed by atoms with van der Waals surface area (Å²) in [4.78, 5) is -0.134. The van der Waals surface area contributed by atoms with Crippen molar-refractivity contribution in [1.82, 2.24) is 4.72 Å². The van der Waals surface area contributed by atoms with Gasteiger partial charge < -0.3 is 10.5 Å². The van der Waals surface area contributed by atoms with Crippen LogP contribution in [0.2, 0.25) is 0 Å². The lowest BCUT2D eigenvalue weighted by atomic mass is 10.3. The van der Waals surface area contributed by atoms with Crippen LogP contribution in [0.3, 0.4) is 0 Å². The molecular weight excluding hydrogens is 283 g/mol. The van der Waals surface area contributed by atoms with Gasteiger partial charge >= 0.3 is 0 Å². The maximum Gasteiger partial charge on any atom is 0.240 e. The van der Waals surface area contributed by atoms with E-state index >= 15 is 0 Å². The molecule has 20 heavy (non-hydrogen) atoms. The topological polar surface area (TPSA) is 81.4 Å². The van der Waals surface area contributed by atoms with Crippen molar-refractivity contribution in [3.05, 3.63) is 24.0 Å². The zero-order valence-electron chi connectivity index (χ0n) is 11.1. The van der Waals surface area contributed by atoms with Gasteiger partial charge in [-0.25, -0.2) is 17.5 Å². The smallest absolute Gasteiger partial charge is 0.240 e. The number of sulfonamides is 1. The molecule has 1 aromatic rings. The zero-order valence-corrected chi connectivity index (χ0v) is 12.0. The first kappa shape index (κ1) is 15.2. The van der Waals surface area contributed by atoms with E-state index in [4.69, 9.17) is 10.5 Å². The number of anilines is 1. The molecule has 0 heterocycles. The van der Waals surface area contributed by atoms with Crippen LogP contribution in [0.15, 0.2) is 23.1 Å². The zero-order chi connectivity index (χ0) is 14.6. The number of nitrogen functional groups attached to an aromatic ring is 1. The van der Waals surface area contributed by atoms with Crippen LogP contribution in [0, 0.1) is 5.82 Å². The number of ether oxygens (including phenoxy) is 1. The van der Waals surface area contributed by atoms with Gasteiger partial charge in [0.1, 0.15) is 5.82 Å². The average Bonchev–Trinajstić information content (AvgIpc) is 2.91. The van der Waals surface area contributed by atoms with E-state index in [1.807, 2.05) is 0 Å². The van der Waals surface area contributed by atoms with E-state index < -0.39 is 15.8 Å². The van der Waals surface area contributed by atoms with Crippen LogP contribution in [0.1, 0.15) is 25.7 Å². The maximum absolute atomic E-state index is 13.3. The van der Waals surface area contributed by atoms with Gasteiger partial charge in [-0.3, -0.25) is 0 Å². The summed E-state index contributed by atoms with van der Waals surface area (Å²) in [5.41, 5.74) is 5.24. The number of rotatable bonds is 6. The quantitative estimate of drug-likeness (QED) is 0.618. The number of benzene rings is 1. The fraction of sp³-hybridized carbons (Fsp3) is 0.538. The number of nitrogens with two attached hydrogens (primary N) is 1. The summed E-state index contributed by atoms with van der Waals surface area (Å²) in [5, 5.41) is 0. The molecule has 2 rings (SSSR count). The van der Waals surface area contributed by atoms with Crippen molar-refractivity contribution in [1.29, 1.82) is 0 Å². The van der Waals surface area contributed by atoms with Crippen molar-refractivity contribution in [2.45, 2.75) is 36.7 Å². The van der Waals surface area contributed by atoms with E-state index in [1.54, 1.807) is 0 Å². The second-order valence-electron chi connectivity index (χ2n) is 4.86. The Bertz CT molecular complexity index is 557. The lowest BCUT2D eigenvalue weighted by Crippen LogP contribution is -2.28. The third kappa shape index (κ3) is 3.91. The molecule has 5 nitrogen and oxygen atoms in total. The Morgan fingerprint density at radius 3 is 2.70 bits per heavy atom. The molecule has 1 aromatic carbocycles. The molecule has 1 fully saturated rings. The first-order valence-electron chi connectivity index (χ1n) is 6.65. The molecule has 0 atom stereocenters. The fourth-order valence-electron chi connectivity index (χ4n) is 2.21. The van der Waals surface area contributed by atoms with Crippen molar-refractivity contribution in [2.75, 3.05) is 18.9 Å². The minimum Gasteiger partial charge on any atom is -0.396 e. The average molecular weight is 302 g/mol. The highest BCUT2D eigenvalue weighted by molar-refractivity contribution is 7.89. The van der Waals surface area contributed by atoms with Gasteiger partial charge in [-0.2, -0.15) is 0 Å². The van der Waals surface area contributed by atoms with E-state index in [0.717, 1.165) is 18.9 Å². The van der Waals surface area contributed by atoms with Crippen LogP contribution in [0.4, 0.5) is 10.1 Å². The molecule has 0 radical (unpaired) electrons. The van der Waals surface area contributed by atoms with Gasteiger partial charge in [0.15, 0.2) is 0 Å². The fourth-order valence-corrected chi connectivity index (χ4v) is 3.24. The molecule has 7 heteroatoms. The van der Waals surface area contributed by atoms with Crippen LogP contribution >= 0.6 is 0 Å². The Hall–Kier alpha value is -1.18. The van der Waals surface area contributed by atoms with Crippen molar-refractivity contribution in [3.63, 3.8) is 0 Å². The van der Waals surface area contributed by atoms with Crippen molar-refractivity contribution < 1.29 is 17.5 Å². The molecule has 1 aliphatic rings. The molecule has 1 aliphatic carbocycles. The van der Waals surface area contributed by atoms with Gasteiger partial charge in [0.25, 0.3) is 0 Å². The number of hydrogen-bond donors (Lipinski definition) is 2. The van der Waals surface area contributed by atoms with Crippen molar-refractivity contribution in [3.8, 4) is 0 Å². The molecule has 3 N–H and O–H groups in total. The molecule has 0 spiro atoms. The minimum absolute atomic E-state index is 0.0754. The molecule has 0 bridgehead atoms. The van der Waals surface area contributed by atoms with E-state index in [0.29, 0.717) is 6.61 Å². The third-order valence-corrected chi connectivity index (χ3v) is 4.79. The van der Waals surface area contributed by atoms with E-state index in [2.05, 4.69) is 4.72 Å². The highest BCUT2D eigenvalue weighted by Crippen LogP contribution is 2.20. The molecule has 0 aromatic heterocycles. The molecule has 0 unspecified atom stereocenters. The number of halogens is 1. The Labute approximate surface area is 118 Å². The van der Waals surface area contributed by atoms with Crippen molar-refractivity contribution >= 4 is 15.7 Å². The molecular formula is C13H19FN2O3S. The summed E-state index contributed by atoms with van der Waals surface area (Å²) in [7, 11) is -3.72. The van der Waals surface area contributed by atoms with E-state index in [-0.39, 0.29) is 23.2 Å². The Balaban J connectivity index is 1.85. The summed E-state index contributed by atoms with van der Waals surface area (Å²) in [5.74, 6) is -0.741. The molecule has 0 amide bonds. The summed E-state index contributed by atoms with van der Waals surface area (Å²) in [6.45, 7) is 0.492. The highest BCUT2D eigenvalue weighted by atomic mass is 32.2. The van der Waals surface area contributed by atoms with Crippen LogP contribution < -0.4 is 10.5 Å². The lowest BCUT2D eigenvalue weighted by molar-refractivity contribution is 0.0626. The Morgan fingerprint density at radius 2 is 2.05 bits per heavy atom. The highest BCUT2D eigenvalue weighted by Gasteiger charge is 2.17. The van der Waals surface area contributed by atoms with Crippen LogP contribution in [0.25, 0.3) is 0 Å². The van der Waals surface area contributed by atoms with Crippen LogP contribution in [-0.4, -0.2) is 27.7 Å². The number of hydrogen-bond acceptors (Lipinski definition) is 4. The van der Waals surface area contributed by atoms with E-state index in [1.165, 1.54) is 25.0 Å². The molecule has 1 saturated carbocycles. The van der Waals surface area contributed by atoms with Crippen LogP contribution in [-0.2, 0) is 14.8 Å². The Morgan fingerprint density at radius 1 is 1.35 bits per heavy atom. The van der Waals surface area contributed by atoms with Gasteiger partial charge in [0.05, 0.1) is 23.3 Å². The molecule has 0 saturated heterocycles. The van der Waals surface area contributed by atoms with Gasteiger partial charge in [0, 0.05) is 6.54 Å². The normalized spacial score (nSPS) is 16.6. The van der Waals surface area contributed by atoms with Crippen LogP contribution in [0.5, 0.6) is 0 Å². The second-order valence-corrected chi connectivity index (χ2v) is 6.63. The predicted molar refractivity (Wildman–Crippen MR) is 74.2 cm³/mol. The first-order chi connectivity index (χ1) is 9.49.